The second-order valence-electron chi connectivity index (χ2n) is 12.0. The third-order valence-corrected chi connectivity index (χ3v) is 12.8. The number of carbonyl (C=O) groups is 1. The van der Waals surface area contributed by atoms with Gasteiger partial charge in [0.15, 0.2) is 19.7 Å². The predicted molar refractivity (Wildman–Crippen MR) is 191 cm³/mol. The molecule has 0 saturated carbocycles. The number of hydrogen-bond donors (Lipinski definition) is 0. The Kier molecular flexibility index (Phi) is 8.57. The molecule has 4 aromatic carbocycles. The van der Waals surface area contributed by atoms with E-state index in [0.29, 0.717) is 21.8 Å². The van der Waals surface area contributed by atoms with Gasteiger partial charge >= 0.3 is 5.97 Å². The summed E-state index contributed by atoms with van der Waals surface area (Å²) in [7, 11) is -5.52. The molecular weight excluding hydrogens is 665 g/mol. The van der Waals surface area contributed by atoms with Gasteiger partial charge in [-0.1, -0.05) is 48.5 Å². The molecule has 0 saturated heterocycles. The normalized spacial score (nSPS) is 12.3. The van der Waals surface area contributed by atoms with E-state index in [1.54, 1.807) is 62.5 Å². The maximum absolute atomic E-state index is 12.8. The number of aromatic nitrogens is 2. The molecule has 0 radical (unpaired) electrons. The van der Waals surface area contributed by atoms with Gasteiger partial charge in [0.2, 0.25) is 0 Å². The molecule has 2 aromatic heterocycles. The summed E-state index contributed by atoms with van der Waals surface area (Å²) in [6.45, 7) is 3.41. The van der Waals surface area contributed by atoms with Gasteiger partial charge in [0.1, 0.15) is 5.01 Å². The molecule has 0 spiro atoms. The van der Waals surface area contributed by atoms with Crippen LogP contribution in [-0.2, 0) is 29.2 Å². The zero-order chi connectivity index (χ0) is 34.4. The quantitative estimate of drug-likeness (QED) is 0.148. The second-order valence-corrected chi connectivity index (χ2v) is 17.6. The van der Waals surface area contributed by atoms with E-state index in [2.05, 4.69) is 4.98 Å². The standard InChI is InChI=1S/C37H32N2O6S3/c1-37(2,48(5,43)44)29-21-25-13-8-18-38-32(25)31(22-29)24-9-6-10-26(19-24)34-33(23-14-16-30(17-15-23)47(4,41)42)39-35(46-34)27-11-7-12-28(20-27)36(40)45-3/h6-22H,1-5H3. The van der Waals surface area contributed by atoms with Crippen molar-refractivity contribution in [2.75, 3.05) is 19.6 Å². The summed E-state index contributed by atoms with van der Waals surface area (Å²) in [6.07, 6.45) is 4.12. The van der Waals surface area contributed by atoms with E-state index in [0.717, 1.165) is 43.6 Å². The molecule has 6 aromatic rings. The Morgan fingerprint density at radius 2 is 1.46 bits per heavy atom. The first-order valence-electron chi connectivity index (χ1n) is 14.9. The number of thiazole rings is 1. The number of methoxy groups -OCH3 is 1. The molecule has 6 rings (SSSR count). The summed E-state index contributed by atoms with van der Waals surface area (Å²) in [5.74, 6) is -0.458. The highest BCUT2D eigenvalue weighted by molar-refractivity contribution is 7.91. The molecule has 0 fully saturated rings. The van der Waals surface area contributed by atoms with Crippen LogP contribution in [0.3, 0.4) is 0 Å². The van der Waals surface area contributed by atoms with Crippen molar-refractivity contribution in [1.29, 1.82) is 0 Å². The molecular formula is C37H32N2O6S3. The minimum atomic E-state index is -3.45. The van der Waals surface area contributed by atoms with E-state index in [1.165, 1.54) is 31.0 Å². The number of fused-ring (bicyclic) bond motifs is 1. The van der Waals surface area contributed by atoms with Crippen molar-refractivity contribution in [2.24, 2.45) is 0 Å². The first kappa shape index (κ1) is 33.2. The van der Waals surface area contributed by atoms with Crippen LogP contribution in [0.15, 0.2) is 108 Å². The molecule has 0 amide bonds. The second kappa shape index (κ2) is 12.4. The van der Waals surface area contributed by atoms with Crippen LogP contribution in [0, 0.1) is 0 Å². The zero-order valence-corrected chi connectivity index (χ0v) is 29.3. The van der Waals surface area contributed by atoms with E-state index in [1.807, 2.05) is 54.6 Å². The Hall–Kier alpha value is -4.71. The number of nitrogens with zero attached hydrogens (tertiary/aromatic N) is 2. The van der Waals surface area contributed by atoms with Crippen molar-refractivity contribution in [3.05, 3.63) is 114 Å². The van der Waals surface area contributed by atoms with Crippen LogP contribution in [0.25, 0.3) is 54.3 Å². The fourth-order valence-corrected chi connectivity index (χ4v) is 7.65. The molecule has 0 aliphatic carbocycles. The monoisotopic (exact) mass is 696 g/mol. The largest absolute Gasteiger partial charge is 0.465 e. The lowest BCUT2D eigenvalue weighted by atomic mass is 9.92. The molecule has 244 valence electrons. The van der Waals surface area contributed by atoms with Crippen LogP contribution in [0.2, 0.25) is 0 Å². The van der Waals surface area contributed by atoms with Crippen LogP contribution in [-0.4, -0.2) is 52.4 Å². The maximum Gasteiger partial charge on any atom is 0.337 e. The van der Waals surface area contributed by atoms with Crippen molar-refractivity contribution >= 4 is 47.9 Å². The van der Waals surface area contributed by atoms with Crippen LogP contribution >= 0.6 is 11.3 Å². The van der Waals surface area contributed by atoms with Gasteiger partial charge in [-0.25, -0.2) is 26.6 Å². The summed E-state index contributed by atoms with van der Waals surface area (Å²) in [5, 5.41) is 1.48. The predicted octanol–water partition coefficient (Wildman–Crippen LogP) is 7.83. The number of pyridine rings is 1. The summed E-state index contributed by atoms with van der Waals surface area (Å²) >= 11 is 1.44. The Bertz CT molecular complexity index is 2430. The van der Waals surface area contributed by atoms with E-state index >= 15 is 0 Å². The van der Waals surface area contributed by atoms with Gasteiger partial charge in [-0.05, 0) is 79.1 Å². The highest BCUT2D eigenvalue weighted by Crippen LogP contribution is 2.43. The van der Waals surface area contributed by atoms with Crippen LogP contribution in [0.1, 0.15) is 29.8 Å². The third-order valence-electron chi connectivity index (χ3n) is 8.48. The Balaban J connectivity index is 1.55. The molecule has 8 nitrogen and oxygen atoms in total. The summed E-state index contributed by atoms with van der Waals surface area (Å²) in [4.78, 5) is 23.0. The fraction of sp³-hybridized carbons (Fsp3) is 0.162. The number of esters is 1. The van der Waals surface area contributed by atoms with Crippen molar-refractivity contribution in [3.63, 3.8) is 0 Å². The number of benzene rings is 4. The van der Waals surface area contributed by atoms with Crippen LogP contribution in [0.4, 0.5) is 0 Å². The molecule has 0 bridgehead atoms. The first-order valence-corrected chi connectivity index (χ1v) is 19.5. The number of carbonyl (C=O) groups excluding carboxylic acids is 1. The van der Waals surface area contributed by atoms with Gasteiger partial charge in [-0.2, -0.15) is 0 Å². The van der Waals surface area contributed by atoms with Gasteiger partial charge in [0.25, 0.3) is 0 Å². The third kappa shape index (κ3) is 6.28. The molecule has 11 heteroatoms. The lowest BCUT2D eigenvalue weighted by Gasteiger charge is -2.24. The molecule has 0 unspecified atom stereocenters. The summed E-state index contributed by atoms with van der Waals surface area (Å²) < 4.78 is 53.8. The van der Waals surface area contributed by atoms with Gasteiger partial charge in [0, 0.05) is 40.8 Å². The van der Waals surface area contributed by atoms with Gasteiger partial charge in [-0.15, -0.1) is 11.3 Å². The Morgan fingerprint density at radius 1 is 0.771 bits per heavy atom. The minimum absolute atomic E-state index is 0.201. The van der Waals surface area contributed by atoms with Gasteiger partial charge in [0.05, 0.1) is 38.4 Å². The molecule has 0 N–H and O–H groups in total. The average molecular weight is 697 g/mol. The van der Waals surface area contributed by atoms with E-state index < -0.39 is 30.4 Å². The molecule has 48 heavy (non-hydrogen) atoms. The molecule has 0 aliphatic heterocycles. The molecule has 0 aliphatic rings. The Labute approximate surface area is 284 Å². The Morgan fingerprint density at radius 3 is 2.15 bits per heavy atom. The van der Waals surface area contributed by atoms with Gasteiger partial charge in [-0.3, -0.25) is 4.98 Å². The summed E-state index contributed by atoms with van der Waals surface area (Å²) in [6, 6.07) is 29.1. The van der Waals surface area contributed by atoms with Gasteiger partial charge < -0.3 is 4.74 Å². The number of sulfone groups is 2. The van der Waals surface area contributed by atoms with E-state index in [9.17, 15) is 21.6 Å². The molecule has 0 atom stereocenters. The van der Waals surface area contributed by atoms with E-state index in [-0.39, 0.29) is 4.90 Å². The lowest BCUT2D eigenvalue weighted by molar-refractivity contribution is 0.0600. The highest BCUT2D eigenvalue weighted by atomic mass is 32.2. The zero-order valence-electron chi connectivity index (χ0n) is 26.9. The van der Waals surface area contributed by atoms with Crippen molar-refractivity contribution in [2.45, 2.75) is 23.5 Å². The smallest absolute Gasteiger partial charge is 0.337 e. The van der Waals surface area contributed by atoms with Crippen molar-refractivity contribution in [3.8, 4) is 43.4 Å². The van der Waals surface area contributed by atoms with Crippen LogP contribution < -0.4 is 0 Å². The van der Waals surface area contributed by atoms with Crippen molar-refractivity contribution in [1.82, 2.24) is 9.97 Å². The summed E-state index contributed by atoms with van der Waals surface area (Å²) in [5.41, 5.74) is 6.35. The number of ether oxygens (including phenoxy) is 1. The minimum Gasteiger partial charge on any atom is -0.465 e. The van der Waals surface area contributed by atoms with E-state index in [4.69, 9.17) is 9.72 Å². The highest BCUT2D eigenvalue weighted by Gasteiger charge is 2.33. The first-order chi connectivity index (χ1) is 22.7. The van der Waals surface area contributed by atoms with Crippen LogP contribution in [0.5, 0.6) is 0 Å². The maximum atomic E-state index is 12.8. The lowest BCUT2D eigenvalue weighted by Crippen LogP contribution is -2.28. The van der Waals surface area contributed by atoms with Crippen molar-refractivity contribution < 1.29 is 26.4 Å². The molecule has 2 heterocycles. The fourth-order valence-electron chi connectivity index (χ4n) is 5.39. The number of rotatable bonds is 8. The average Bonchev–Trinajstić information content (AvgIpc) is 3.52. The number of hydrogen-bond acceptors (Lipinski definition) is 9. The SMILES string of the molecule is COC(=O)c1cccc(-c2nc(-c3ccc(S(C)(=O)=O)cc3)c(-c3cccc(-c4cc(C(C)(C)S(C)(=O)=O)cc5cccnc45)c3)s2)c1. The topological polar surface area (TPSA) is 120 Å².